The van der Waals surface area contributed by atoms with Gasteiger partial charge in [-0.25, -0.2) is 0 Å². The van der Waals surface area contributed by atoms with Crippen molar-refractivity contribution in [1.29, 1.82) is 0 Å². The van der Waals surface area contributed by atoms with Gasteiger partial charge >= 0.3 is 0 Å². The van der Waals surface area contributed by atoms with Gasteiger partial charge in [-0.2, -0.15) is 0 Å². The Balaban J connectivity index is 0.00000450. The van der Waals surface area contributed by atoms with Crippen LogP contribution in [0.2, 0.25) is 0 Å². The molecule has 0 amide bonds. The van der Waals surface area contributed by atoms with E-state index in [1.54, 1.807) is 42.6 Å². The van der Waals surface area contributed by atoms with Gasteiger partial charge in [-0.1, -0.05) is 0 Å². The van der Waals surface area contributed by atoms with E-state index in [4.69, 9.17) is 23.7 Å². The van der Waals surface area contributed by atoms with Crippen LogP contribution in [0.1, 0.15) is 5.56 Å². The second-order valence-electron chi connectivity index (χ2n) is 5.95. The third-order valence-electron chi connectivity index (χ3n) is 4.35. The molecule has 0 saturated carbocycles. The van der Waals surface area contributed by atoms with Crippen molar-refractivity contribution < 1.29 is 23.7 Å². The van der Waals surface area contributed by atoms with Crippen LogP contribution in [0.4, 0.5) is 5.69 Å². The Hall–Kier alpha value is -2.56. The zero-order valence-corrected chi connectivity index (χ0v) is 20.5. The smallest absolute Gasteiger partial charge is 0.195 e. The first-order valence-electron chi connectivity index (χ1n) is 9.08. The fraction of sp³-hybridized carbons (Fsp3) is 0.381. The quantitative estimate of drug-likeness (QED) is 0.291. The van der Waals surface area contributed by atoms with Crippen molar-refractivity contribution in [3.8, 4) is 28.7 Å². The van der Waals surface area contributed by atoms with E-state index in [0.717, 1.165) is 11.3 Å². The van der Waals surface area contributed by atoms with Gasteiger partial charge in [0.1, 0.15) is 17.2 Å². The lowest BCUT2D eigenvalue weighted by Crippen LogP contribution is -2.32. The van der Waals surface area contributed by atoms with Crippen molar-refractivity contribution in [1.82, 2.24) is 5.32 Å². The highest BCUT2D eigenvalue weighted by Gasteiger charge is 2.13. The van der Waals surface area contributed by atoms with Crippen LogP contribution in [0.15, 0.2) is 35.3 Å². The number of methoxy groups -OCH3 is 5. The number of hydrogen-bond acceptors (Lipinski definition) is 6. The van der Waals surface area contributed by atoms with E-state index in [-0.39, 0.29) is 24.0 Å². The van der Waals surface area contributed by atoms with Gasteiger partial charge in [0, 0.05) is 43.0 Å². The Morgan fingerprint density at radius 1 is 0.800 bits per heavy atom. The Morgan fingerprint density at radius 2 is 1.40 bits per heavy atom. The summed E-state index contributed by atoms with van der Waals surface area (Å²) in [6.07, 6.45) is 0.670. The minimum Gasteiger partial charge on any atom is -0.496 e. The molecule has 0 aliphatic rings. The standard InChI is InChI=1S/C21H29N3O5.HI/c1-22-21(24-14-7-8-17(26-3)20(11-14)29-6)23-10-9-16-18(27-4)12-15(25-2)13-19(16)28-5;/h7-8,11-13H,9-10H2,1-6H3,(H2,22,23,24);1H. The zero-order chi connectivity index (χ0) is 21.2. The Bertz CT molecular complexity index is 820. The molecule has 30 heavy (non-hydrogen) atoms. The zero-order valence-electron chi connectivity index (χ0n) is 18.2. The molecule has 8 nitrogen and oxygen atoms in total. The van der Waals surface area contributed by atoms with Crippen LogP contribution in [0, 0.1) is 0 Å². The summed E-state index contributed by atoms with van der Waals surface area (Å²) in [7, 11) is 9.78. The van der Waals surface area contributed by atoms with Crippen LogP contribution in [0.25, 0.3) is 0 Å². The van der Waals surface area contributed by atoms with Crippen molar-refractivity contribution in [3.05, 3.63) is 35.9 Å². The van der Waals surface area contributed by atoms with Crippen LogP contribution in [0.5, 0.6) is 28.7 Å². The van der Waals surface area contributed by atoms with E-state index in [1.807, 2.05) is 30.3 Å². The maximum atomic E-state index is 5.50. The monoisotopic (exact) mass is 531 g/mol. The maximum absolute atomic E-state index is 5.50. The molecule has 0 atom stereocenters. The van der Waals surface area contributed by atoms with Crippen LogP contribution >= 0.6 is 24.0 Å². The van der Waals surface area contributed by atoms with Gasteiger partial charge in [0.05, 0.1) is 35.5 Å². The lowest BCUT2D eigenvalue weighted by Gasteiger charge is -2.17. The first kappa shape index (κ1) is 25.5. The lowest BCUT2D eigenvalue weighted by atomic mass is 10.1. The number of aliphatic imine (C=N–C) groups is 1. The SMILES string of the molecule is CN=C(NCCc1c(OC)cc(OC)cc1OC)Nc1ccc(OC)c(OC)c1.I. The molecule has 0 radical (unpaired) electrons. The fourth-order valence-corrected chi connectivity index (χ4v) is 2.86. The molecule has 0 fully saturated rings. The maximum Gasteiger partial charge on any atom is 0.195 e. The number of nitrogens with one attached hydrogen (secondary N) is 2. The van der Waals surface area contributed by atoms with Crippen molar-refractivity contribution in [2.24, 2.45) is 4.99 Å². The molecule has 0 aromatic heterocycles. The molecule has 166 valence electrons. The number of halogens is 1. The normalized spacial score (nSPS) is 10.5. The molecule has 2 aromatic carbocycles. The number of benzene rings is 2. The molecular formula is C21H30IN3O5. The summed E-state index contributed by atoms with van der Waals surface area (Å²) in [5.74, 6) is 4.04. The minimum absolute atomic E-state index is 0. The van der Waals surface area contributed by atoms with Gasteiger partial charge < -0.3 is 34.3 Å². The van der Waals surface area contributed by atoms with Gasteiger partial charge in [0.2, 0.25) is 0 Å². The molecule has 2 aromatic rings. The van der Waals surface area contributed by atoms with Crippen LogP contribution in [-0.4, -0.2) is 55.1 Å². The molecule has 0 aliphatic carbocycles. The average Bonchev–Trinajstić information content (AvgIpc) is 2.77. The van der Waals surface area contributed by atoms with E-state index < -0.39 is 0 Å². The summed E-state index contributed by atoms with van der Waals surface area (Å²) in [5, 5.41) is 6.53. The molecule has 0 aliphatic heterocycles. The van der Waals surface area contributed by atoms with Gasteiger partial charge in [0.15, 0.2) is 17.5 Å². The van der Waals surface area contributed by atoms with Gasteiger partial charge in [-0.15, -0.1) is 24.0 Å². The summed E-state index contributed by atoms with van der Waals surface area (Å²) in [4.78, 5) is 4.27. The van der Waals surface area contributed by atoms with Crippen molar-refractivity contribution in [2.75, 3.05) is 54.5 Å². The minimum atomic E-state index is 0. The molecular weight excluding hydrogens is 501 g/mol. The Morgan fingerprint density at radius 3 is 1.90 bits per heavy atom. The predicted octanol–water partition coefficient (Wildman–Crippen LogP) is 3.58. The number of nitrogens with zero attached hydrogens (tertiary/aromatic N) is 1. The van der Waals surface area contributed by atoms with E-state index in [0.29, 0.717) is 47.7 Å². The van der Waals surface area contributed by atoms with Crippen LogP contribution in [0.3, 0.4) is 0 Å². The number of anilines is 1. The Labute approximate surface area is 194 Å². The van der Waals surface area contributed by atoms with E-state index in [2.05, 4.69) is 15.6 Å². The Kier molecular flexibility index (Phi) is 10.9. The third kappa shape index (κ3) is 6.48. The lowest BCUT2D eigenvalue weighted by molar-refractivity contribution is 0.355. The first-order valence-corrected chi connectivity index (χ1v) is 9.08. The number of guanidine groups is 1. The molecule has 0 heterocycles. The molecule has 0 bridgehead atoms. The first-order chi connectivity index (χ1) is 14.1. The van der Waals surface area contributed by atoms with Crippen LogP contribution in [-0.2, 0) is 6.42 Å². The van der Waals surface area contributed by atoms with Crippen molar-refractivity contribution >= 4 is 35.6 Å². The second kappa shape index (κ2) is 12.9. The highest BCUT2D eigenvalue weighted by atomic mass is 127. The average molecular weight is 531 g/mol. The molecule has 2 N–H and O–H groups in total. The fourth-order valence-electron chi connectivity index (χ4n) is 2.86. The molecule has 0 saturated heterocycles. The summed E-state index contributed by atoms with van der Waals surface area (Å²) < 4.78 is 26.9. The van der Waals surface area contributed by atoms with E-state index in [9.17, 15) is 0 Å². The number of hydrogen-bond donors (Lipinski definition) is 2. The van der Waals surface area contributed by atoms with E-state index >= 15 is 0 Å². The predicted molar refractivity (Wildman–Crippen MR) is 130 cm³/mol. The van der Waals surface area contributed by atoms with Crippen LogP contribution < -0.4 is 34.3 Å². The summed E-state index contributed by atoms with van der Waals surface area (Å²) in [6, 6.07) is 9.26. The molecule has 2 rings (SSSR count). The summed E-state index contributed by atoms with van der Waals surface area (Å²) in [5.41, 5.74) is 1.78. The summed E-state index contributed by atoms with van der Waals surface area (Å²) >= 11 is 0. The summed E-state index contributed by atoms with van der Waals surface area (Å²) in [6.45, 7) is 0.617. The van der Waals surface area contributed by atoms with E-state index in [1.165, 1.54) is 0 Å². The topological polar surface area (TPSA) is 82.6 Å². The number of rotatable bonds is 9. The van der Waals surface area contributed by atoms with Crippen molar-refractivity contribution in [2.45, 2.75) is 6.42 Å². The van der Waals surface area contributed by atoms with Gasteiger partial charge in [0.25, 0.3) is 0 Å². The highest BCUT2D eigenvalue weighted by molar-refractivity contribution is 14.0. The van der Waals surface area contributed by atoms with Gasteiger partial charge in [-0.05, 0) is 18.6 Å². The van der Waals surface area contributed by atoms with Gasteiger partial charge in [-0.3, -0.25) is 4.99 Å². The number of ether oxygens (including phenoxy) is 5. The second-order valence-corrected chi connectivity index (χ2v) is 5.95. The molecule has 9 heteroatoms. The van der Waals surface area contributed by atoms with Crippen molar-refractivity contribution in [3.63, 3.8) is 0 Å². The molecule has 0 unspecified atom stereocenters. The third-order valence-corrected chi connectivity index (χ3v) is 4.35. The highest BCUT2D eigenvalue weighted by Crippen LogP contribution is 2.34. The molecule has 0 spiro atoms. The largest absolute Gasteiger partial charge is 0.496 e.